The Morgan fingerprint density at radius 2 is 1.40 bits per heavy atom. The number of halogens is 1. The zero-order chi connectivity index (χ0) is 29.9. The molecule has 4 aromatic rings. The fraction of sp³-hybridized carbons (Fsp3) is 0.200. The van der Waals surface area contributed by atoms with Gasteiger partial charge in [0.1, 0.15) is 5.82 Å². The van der Waals surface area contributed by atoms with E-state index in [4.69, 9.17) is 0 Å². The smallest absolute Gasteiger partial charge is 0.261 e. The van der Waals surface area contributed by atoms with Crippen LogP contribution < -0.4 is 5.32 Å². The molecular formula is C35H30FN3O4. The summed E-state index contributed by atoms with van der Waals surface area (Å²) in [5.41, 5.74) is 4.07. The first-order valence-corrected chi connectivity index (χ1v) is 14.4. The molecule has 216 valence electrons. The number of fused-ring (bicyclic) bond motifs is 1. The summed E-state index contributed by atoms with van der Waals surface area (Å²) in [6.07, 6.45) is 1.56. The molecule has 0 aromatic heterocycles. The minimum atomic E-state index is -0.414. The monoisotopic (exact) mass is 575 g/mol. The van der Waals surface area contributed by atoms with Crippen molar-refractivity contribution < 1.29 is 23.6 Å². The topological polar surface area (TPSA) is 86.8 Å². The Hall–Kier alpha value is -5.11. The van der Waals surface area contributed by atoms with Gasteiger partial charge in [-0.3, -0.25) is 24.1 Å². The van der Waals surface area contributed by atoms with Crippen LogP contribution in [0.1, 0.15) is 61.8 Å². The first kappa shape index (κ1) is 28.0. The first-order valence-electron chi connectivity index (χ1n) is 14.4. The zero-order valence-electron chi connectivity index (χ0n) is 23.5. The van der Waals surface area contributed by atoms with Crippen LogP contribution in [0, 0.1) is 5.82 Å². The van der Waals surface area contributed by atoms with Crippen LogP contribution in [-0.2, 0) is 4.79 Å². The van der Waals surface area contributed by atoms with Crippen molar-refractivity contribution in [1.82, 2.24) is 9.80 Å². The Labute approximate surface area is 248 Å². The molecule has 2 aliphatic rings. The van der Waals surface area contributed by atoms with Crippen LogP contribution in [0.5, 0.6) is 0 Å². The van der Waals surface area contributed by atoms with Crippen LogP contribution in [-0.4, -0.2) is 53.1 Å². The third kappa shape index (κ3) is 5.81. The Balaban J connectivity index is 0.990. The van der Waals surface area contributed by atoms with Crippen molar-refractivity contribution in [1.29, 1.82) is 0 Å². The van der Waals surface area contributed by atoms with Crippen molar-refractivity contribution in [2.75, 3.05) is 25.0 Å². The second-order valence-corrected chi connectivity index (χ2v) is 10.9. The molecule has 1 fully saturated rings. The summed E-state index contributed by atoms with van der Waals surface area (Å²) in [5.74, 6) is -1.36. The fourth-order valence-corrected chi connectivity index (χ4v) is 5.82. The molecule has 2 heterocycles. The number of hydrogen-bond donors (Lipinski definition) is 1. The zero-order valence-corrected chi connectivity index (χ0v) is 23.5. The normalized spacial score (nSPS) is 15.0. The first-order chi connectivity index (χ1) is 20.9. The average molecular weight is 576 g/mol. The van der Waals surface area contributed by atoms with Gasteiger partial charge in [-0.2, -0.15) is 0 Å². The summed E-state index contributed by atoms with van der Waals surface area (Å²) in [6.45, 7) is 1.15. The maximum atomic E-state index is 14.8. The molecule has 0 aliphatic carbocycles. The third-order valence-electron chi connectivity index (χ3n) is 8.19. The number of amides is 4. The van der Waals surface area contributed by atoms with Crippen LogP contribution in [0.15, 0.2) is 97.1 Å². The van der Waals surface area contributed by atoms with E-state index < -0.39 is 5.82 Å². The van der Waals surface area contributed by atoms with Gasteiger partial charge in [-0.25, -0.2) is 4.39 Å². The third-order valence-corrected chi connectivity index (χ3v) is 8.19. The SMILES string of the molecule is O=C(CCN1C(=O)c2ccccc2C1=O)Nc1ccc(C2CCN(C(=O)c3ccc(-c4ccccc4)c(F)c3)CC2)cc1. The molecule has 43 heavy (non-hydrogen) atoms. The van der Waals surface area contributed by atoms with E-state index >= 15 is 0 Å². The minimum Gasteiger partial charge on any atom is -0.339 e. The van der Waals surface area contributed by atoms with Gasteiger partial charge < -0.3 is 10.2 Å². The number of benzene rings is 4. The van der Waals surface area contributed by atoms with E-state index in [0.29, 0.717) is 41.0 Å². The number of piperidine rings is 1. The molecule has 0 radical (unpaired) electrons. The van der Waals surface area contributed by atoms with E-state index in [-0.39, 0.29) is 42.5 Å². The van der Waals surface area contributed by atoms with Gasteiger partial charge in [0.2, 0.25) is 5.91 Å². The van der Waals surface area contributed by atoms with Crippen LogP contribution >= 0.6 is 0 Å². The highest BCUT2D eigenvalue weighted by Gasteiger charge is 2.35. The molecule has 1 saturated heterocycles. The lowest BCUT2D eigenvalue weighted by Gasteiger charge is -2.32. The van der Waals surface area contributed by atoms with Crippen LogP contribution in [0.3, 0.4) is 0 Å². The van der Waals surface area contributed by atoms with Crippen molar-refractivity contribution in [2.45, 2.75) is 25.2 Å². The van der Waals surface area contributed by atoms with Gasteiger partial charge in [-0.1, -0.05) is 60.7 Å². The molecule has 6 rings (SSSR count). The Kier molecular flexibility index (Phi) is 7.83. The molecule has 1 N–H and O–H groups in total. The molecule has 2 aliphatic heterocycles. The van der Waals surface area contributed by atoms with E-state index in [9.17, 15) is 23.6 Å². The van der Waals surface area contributed by atoms with Gasteiger partial charge in [-0.15, -0.1) is 0 Å². The largest absolute Gasteiger partial charge is 0.339 e. The van der Waals surface area contributed by atoms with Crippen LogP contribution in [0.4, 0.5) is 10.1 Å². The standard InChI is InChI=1S/C35H30FN3O4/c36-31-22-26(12-15-28(31)25-6-2-1-3-7-25)33(41)38-19-16-24(17-20-38)23-10-13-27(14-11-23)37-32(40)18-21-39-34(42)29-8-4-5-9-30(29)35(39)43/h1-15,22,24H,16-21H2,(H,37,40). The van der Waals surface area contributed by atoms with Crippen molar-refractivity contribution >= 4 is 29.3 Å². The van der Waals surface area contributed by atoms with E-state index in [2.05, 4.69) is 5.32 Å². The lowest BCUT2D eigenvalue weighted by molar-refractivity contribution is -0.116. The maximum absolute atomic E-state index is 14.8. The number of nitrogens with zero attached hydrogens (tertiary/aromatic N) is 2. The predicted molar refractivity (Wildman–Crippen MR) is 161 cm³/mol. The number of anilines is 1. The van der Waals surface area contributed by atoms with E-state index in [1.54, 1.807) is 41.3 Å². The number of imide groups is 1. The highest BCUT2D eigenvalue weighted by molar-refractivity contribution is 6.21. The highest BCUT2D eigenvalue weighted by Crippen LogP contribution is 2.30. The van der Waals surface area contributed by atoms with Gasteiger partial charge in [0.15, 0.2) is 0 Å². The summed E-state index contributed by atoms with van der Waals surface area (Å²) in [6, 6.07) is 28.2. The van der Waals surface area contributed by atoms with E-state index in [1.807, 2.05) is 54.6 Å². The van der Waals surface area contributed by atoms with E-state index in [0.717, 1.165) is 28.9 Å². The number of hydrogen-bond acceptors (Lipinski definition) is 4. The number of nitrogens with one attached hydrogen (secondary N) is 1. The van der Waals surface area contributed by atoms with Crippen molar-refractivity contribution in [3.05, 3.63) is 125 Å². The van der Waals surface area contributed by atoms with Crippen LogP contribution in [0.25, 0.3) is 11.1 Å². The lowest BCUT2D eigenvalue weighted by Crippen LogP contribution is -2.38. The molecular weight excluding hydrogens is 545 g/mol. The average Bonchev–Trinajstić information content (AvgIpc) is 3.29. The second kappa shape index (κ2) is 12.0. The van der Waals surface area contributed by atoms with Gasteiger partial charge in [0.25, 0.3) is 17.7 Å². The van der Waals surface area contributed by atoms with Crippen molar-refractivity contribution in [2.24, 2.45) is 0 Å². The highest BCUT2D eigenvalue weighted by atomic mass is 19.1. The summed E-state index contributed by atoms with van der Waals surface area (Å²) >= 11 is 0. The summed E-state index contributed by atoms with van der Waals surface area (Å²) in [7, 11) is 0. The quantitative estimate of drug-likeness (QED) is 0.268. The molecule has 4 amide bonds. The fourth-order valence-electron chi connectivity index (χ4n) is 5.82. The molecule has 8 heteroatoms. The Morgan fingerprint density at radius 3 is 2.02 bits per heavy atom. The van der Waals surface area contributed by atoms with Gasteiger partial charge in [0.05, 0.1) is 11.1 Å². The number of carbonyl (C=O) groups excluding carboxylic acids is 4. The lowest BCUT2D eigenvalue weighted by atomic mass is 9.89. The maximum Gasteiger partial charge on any atom is 0.261 e. The molecule has 0 unspecified atom stereocenters. The van der Waals surface area contributed by atoms with Gasteiger partial charge >= 0.3 is 0 Å². The van der Waals surface area contributed by atoms with Crippen LogP contribution in [0.2, 0.25) is 0 Å². The Morgan fingerprint density at radius 1 is 0.767 bits per heavy atom. The number of rotatable bonds is 7. The van der Waals surface area contributed by atoms with Crippen molar-refractivity contribution in [3.63, 3.8) is 0 Å². The molecule has 0 atom stereocenters. The summed E-state index contributed by atoms with van der Waals surface area (Å²) in [4.78, 5) is 53.5. The summed E-state index contributed by atoms with van der Waals surface area (Å²) < 4.78 is 14.8. The molecule has 4 aromatic carbocycles. The Bertz CT molecular complexity index is 1660. The summed E-state index contributed by atoms with van der Waals surface area (Å²) in [5, 5.41) is 2.83. The molecule has 7 nitrogen and oxygen atoms in total. The van der Waals surface area contributed by atoms with Gasteiger partial charge in [0, 0.05) is 42.9 Å². The van der Waals surface area contributed by atoms with E-state index in [1.165, 1.54) is 6.07 Å². The van der Waals surface area contributed by atoms with Gasteiger partial charge in [-0.05, 0) is 66.3 Å². The number of likely N-dealkylation sites (tertiary alicyclic amines) is 1. The van der Waals surface area contributed by atoms with Crippen molar-refractivity contribution in [3.8, 4) is 11.1 Å². The molecule has 0 saturated carbocycles. The predicted octanol–water partition coefficient (Wildman–Crippen LogP) is 6.14. The molecule has 0 bridgehead atoms. The minimum absolute atomic E-state index is 0.00140. The molecule has 0 spiro atoms. The second-order valence-electron chi connectivity index (χ2n) is 10.9. The number of carbonyl (C=O) groups is 4.